The molecule has 0 saturated carbocycles. The SMILES string of the molecule is CCOC(=O)CNC(=O)c1ncc(C=O)c(=O)[nH]1. The topological polar surface area (TPSA) is 118 Å². The number of hydrogen-bond acceptors (Lipinski definition) is 6. The molecule has 1 aromatic rings. The third kappa shape index (κ3) is 3.51. The molecule has 0 fully saturated rings. The van der Waals surface area contributed by atoms with Crippen LogP contribution < -0.4 is 10.9 Å². The monoisotopic (exact) mass is 253 g/mol. The Kier molecular flexibility index (Phi) is 4.73. The summed E-state index contributed by atoms with van der Waals surface area (Å²) in [6.45, 7) is 1.51. The average Bonchev–Trinajstić information content (AvgIpc) is 2.36. The van der Waals surface area contributed by atoms with E-state index in [2.05, 4.69) is 20.0 Å². The molecule has 1 heterocycles. The van der Waals surface area contributed by atoms with Crippen LogP contribution in [0.25, 0.3) is 0 Å². The minimum Gasteiger partial charge on any atom is -0.465 e. The van der Waals surface area contributed by atoms with Gasteiger partial charge in [0.15, 0.2) is 12.1 Å². The Bertz CT molecular complexity index is 522. The fourth-order valence-electron chi connectivity index (χ4n) is 1.05. The maximum atomic E-state index is 11.5. The van der Waals surface area contributed by atoms with Crippen LogP contribution in [0.15, 0.2) is 11.0 Å². The summed E-state index contributed by atoms with van der Waals surface area (Å²) in [5.74, 6) is -1.62. The van der Waals surface area contributed by atoms with Crippen molar-refractivity contribution in [2.24, 2.45) is 0 Å². The van der Waals surface area contributed by atoms with Gasteiger partial charge >= 0.3 is 5.97 Å². The molecule has 0 bridgehead atoms. The smallest absolute Gasteiger partial charge is 0.325 e. The Labute approximate surface area is 101 Å². The summed E-state index contributed by atoms with van der Waals surface area (Å²) in [6.07, 6.45) is 1.30. The van der Waals surface area contributed by atoms with E-state index in [0.717, 1.165) is 6.20 Å². The average molecular weight is 253 g/mol. The minimum atomic E-state index is -0.738. The fourth-order valence-corrected chi connectivity index (χ4v) is 1.05. The van der Waals surface area contributed by atoms with Gasteiger partial charge in [0.05, 0.1) is 12.2 Å². The van der Waals surface area contributed by atoms with Crippen molar-refractivity contribution >= 4 is 18.2 Å². The predicted molar refractivity (Wildman–Crippen MR) is 59.2 cm³/mol. The van der Waals surface area contributed by atoms with Crippen LogP contribution >= 0.6 is 0 Å². The number of esters is 1. The second-order valence-corrected chi connectivity index (χ2v) is 3.12. The predicted octanol–water partition coefficient (Wildman–Crippen LogP) is -1.12. The molecule has 1 aromatic heterocycles. The van der Waals surface area contributed by atoms with E-state index in [9.17, 15) is 19.2 Å². The second-order valence-electron chi connectivity index (χ2n) is 3.12. The molecule has 18 heavy (non-hydrogen) atoms. The van der Waals surface area contributed by atoms with Crippen molar-refractivity contribution in [1.82, 2.24) is 15.3 Å². The van der Waals surface area contributed by atoms with E-state index < -0.39 is 17.4 Å². The van der Waals surface area contributed by atoms with Gasteiger partial charge < -0.3 is 15.0 Å². The van der Waals surface area contributed by atoms with Crippen LogP contribution in [0.4, 0.5) is 0 Å². The number of carbonyl (C=O) groups excluding carboxylic acids is 3. The van der Waals surface area contributed by atoms with Crippen molar-refractivity contribution in [1.29, 1.82) is 0 Å². The maximum Gasteiger partial charge on any atom is 0.325 e. The first-order valence-corrected chi connectivity index (χ1v) is 5.06. The standard InChI is InChI=1S/C10H11N3O5/c1-2-18-7(15)4-12-10(17)8-11-3-6(5-14)9(16)13-8/h3,5H,2,4H2,1H3,(H,12,17)(H,11,13,16). The van der Waals surface area contributed by atoms with Gasteiger partial charge in [-0.1, -0.05) is 0 Å². The van der Waals surface area contributed by atoms with Gasteiger partial charge in [0.1, 0.15) is 6.54 Å². The van der Waals surface area contributed by atoms with Crippen LogP contribution in [-0.2, 0) is 9.53 Å². The fraction of sp³-hybridized carbons (Fsp3) is 0.300. The van der Waals surface area contributed by atoms with Crippen molar-refractivity contribution in [3.05, 3.63) is 27.9 Å². The third-order valence-electron chi connectivity index (χ3n) is 1.87. The Morgan fingerprint density at radius 2 is 2.28 bits per heavy atom. The summed E-state index contributed by atoms with van der Waals surface area (Å²) in [6, 6.07) is 0. The van der Waals surface area contributed by atoms with Crippen LogP contribution in [0, 0.1) is 0 Å². The lowest BCUT2D eigenvalue weighted by molar-refractivity contribution is -0.141. The molecule has 0 aromatic carbocycles. The molecule has 96 valence electrons. The molecule has 8 heteroatoms. The Hall–Kier alpha value is -2.51. The normalized spacial score (nSPS) is 9.61. The first-order chi connectivity index (χ1) is 8.58. The summed E-state index contributed by atoms with van der Waals surface area (Å²) < 4.78 is 4.60. The highest BCUT2D eigenvalue weighted by Gasteiger charge is 2.11. The molecule has 0 aliphatic rings. The molecule has 0 aliphatic heterocycles. The molecular formula is C10H11N3O5. The molecule has 8 nitrogen and oxygen atoms in total. The zero-order valence-corrected chi connectivity index (χ0v) is 9.56. The molecule has 2 N–H and O–H groups in total. The summed E-state index contributed by atoms with van der Waals surface area (Å²) in [4.78, 5) is 49.7. The third-order valence-corrected chi connectivity index (χ3v) is 1.87. The van der Waals surface area contributed by atoms with E-state index in [1.165, 1.54) is 0 Å². The number of aromatic nitrogens is 2. The summed E-state index contributed by atoms with van der Waals surface area (Å²) in [7, 11) is 0. The minimum absolute atomic E-state index is 0.183. The van der Waals surface area contributed by atoms with Gasteiger partial charge in [-0.2, -0.15) is 0 Å². The number of amides is 1. The number of nitrogens with zero attached hydrogens (tertiary/aromatic N) is 1. The first-order valence-electron chi connectivity index (χ1n) is 5.06. The van der Waals surface area contributed by atoms with Crippen LogP contribution in [0.5, 0.6) is 0 Å². The van der Waals surface area contributed by atoms with Crippen molar-refractivity contribution in [2.75, 3.05) is 13.2 Å². The maximum absolute atomic E-state index is 11.5. The lowest BCUT2D eigenvalue weighted by atomic mass is 10.3. The van der Waals surface area contributed by atoms with E-state index in [1.807, 2.05) is 0 Å². The van der Waals surface area contributed by atoms with Gasteiger partial charge in [0, 0.05) is 6.20 Å². The van der Waals surface area contributed by atoms with E-state index in [4.69, 9.17) is 0 Å². The van der Waals surface area contributed by atoms with Gasteiger partial charge in [-0.15, -0.1) is 0 Å². The molecule has 0 saturated heterocycles. The molecular weight excluding hydrogens is 242 g/mol. The van der Waals surface area contributed by atoms with E-state index in [-0.39, 0.29) is 24.5 Å². The first kappa shape index (κ1) is 13.6. The zero-order chi connectivity index (χ0) is 13.5. The van der Waals surface area contributed by atoms with Gasteiger partial charge in [-0.05, 0) is 6.92 Å². The van der Waals surface area contributed by atoms with E-state index >= 15 is 0 Å². The summed E-state index contributed by atoms with van der Waals surface area (Å²) >= 11 is 0. The van der Waals surface area contributed by atoms with Crippen LogP contribution in [0.2, 0.25) is 0 Å². The molecule has 0 radical (unpaired) electrons. The van der Waals surface area contributed by atoms with E-state index in [0.29, 0.717) is 6.29 Å². The largest absolute Gasteiger partial charge is 0.465 e. The molecule has 0 atom stereocenters. The Morgan fingerprint density at radius 1 is 1.56 bits per heavy atom. The van der Waals surface area contributed by atoms with Crippen LogP contribution in [0.1, 0.15) is 27.9 Å². The highest BCUT2D eigenvalue weighted by Crippen LogP contribution is 1.88. The quantitative estimate of drug-likeness (QED) is 0.506. The van der Waals surface area contributed by atoms with Gasteiger partial charge in [-0.25, -0.2) is 4.98 Å². The highest BCUT2D eigenvalue weighted by atomic mass is 16.5. The van der Waals surface area contributed by atoms with Crippen LogP contribution in [-0.4, -0.2) is 41.3 Å². The van der Waals surface area contributed by atoms with Gasteiger partial charge in [0.25, 0.3) is 11.5 Å². The Morgan fingerprint density at radius 3 is 2.83 bits per heavy atom. The summed E-state index contributed by atoms with van der Waals surface area (Å²) in [5, 5.41) is 2.21. The molecule has 0 unspecified atom stereocenters. The lowest BCUT2D eigenvalue weighted by Crippen LogP contribution is -2.33. The number of aromatic amines is 1. The van der Waals surface area contributed by atoms with Gasteiger partial charge in [-0.3, -0.25) is 19.2 Å². The lowest BCUT2D eigenvalue weighted by Gasteiger charge is -2.04. The van der Waals surface area contributed by atoms with Gasteiger partial charge in [0.2, 0.25) is 0 Å². The summed E-state index contributed by atoms with van der Waals surface area (Å²) in [5.41, 5.74) is -0.904. The highest BCUT2D eigenvalue weighted by molar-refractivity contribution is 5.92. The number of H-pyrrole nitrogens is 1. The molecule has 0 aliphatic carbocycles. The number of carbonyl (C=O) groups is 3. The Balaban J connectivity index is 2.68. The number of aldehydes is 1. The number of ether oxygens (including phenoxy) is 1. The molecule has 1 amide bonds. The van der Waals surface area contributed by atoms with Crippen LogP contribution in [0.3, 0.4) is 0 Å². The number of rotatable bonds is 5. The second kappa shape index (κ2) is 6.28. The molecule has 1 rings (SSSR count). The van der Waals surface area contributed by atoms with Crippen molar-refractivity contribution in [3.8, 4) is 0 Å². The van der Waals surface area contributed by atoms with Crippen molar-refractivity contribution in [2.45, 2.75) is 6.92 Å². The number of hydrogen-bond donors (Lipinski definition) is 2. The van der Waals surface area contributed by atoms with E-state index in [1.54, 1.807) is 6.92 Å². The zero-order valence-electron chi connectivity index (χ0n) is 9.56. The van der Waals surface area contributed by atoms with Crippen molar-refractivity contribution < 1.29 is 19.1 Å². The van der Waals surface area contributed by atoms with Crippen molar-refractivity contribution in [3.63, 3.8) is 0 Å². The number of nitrogens with one attached hydrogen (secondary N) is 2. The molecule has 0 spiro atoms.